The minimum Gasteiger partial charge on any atom is -0.493 e. The fraction of sp³-hybridized carbons (Fsp3) is 0.306. The number of nitrogens with one attached hydrogen (secondary N) is 2. The van der Waals surface area contributed by atoms with Crippen molar-refractivity contribution in [1.29, 1.82) is 0 Å². The number of aromatic nitrogens is 1. The monoisotopic (exact) mass is 691 g/mol. The molecule has 2 N–H and O–H groups in total. The Morgan fingerprint density at radius 2 is 1.64 bits per heavy atom. The molecule has 6 rings (SSSR count). The Hall–Kier alpha value is -5.50. The maximum absolute atomic E-state index is 13.1. The van der Waals surface area contributed by atoms with E-state index in [1.54, 1.807) is 24.3 Å². The summed E-state index contributed by atoms with van der Waals surface area (Å²) in [6, 6.07) is 18.2. The summed E-state index contributed by atoms with van der Waals surface area (Å²) in [5.74, 6) is 2.11. The Morgan fingerprint density at radius 1 is 0.900 bits per heavy atom. The number of benzene rings is 3. The van der Waals surface area contributed by atoms with Gasteiger partial charge in [0.2, 0.25) is 18.6 Å². The Balaban J connectivity index is 0.961. The third kappa shape index (κ3) is 8.55. The van der Waals surface area contributed by atoms with Gasteiger partial charge in [-0.25, -0.2) is 4.98 Å². The molecule has 0 aliphatic carbocycles. The van der Waals surface area contributed by atoms with Crippen molar-refractivity contribution < 1.29 is 41.7 Å². The first kappa shape index (κ1) is 34.4. The third-order valence-electron chi connectivity index (χ3n) is 8.31. The van der Waals surface area contributed by atoms with E-state index in [-0.39, 0.29) is 30.2 Å². The number of pyridine rings is 1. The van der Waals surface area contributed by atoms with Gasteiger partial charge in [-0.1, -0.05) is 6.07 Å². The Labute approximate surface area is 286 Å². The average molecular weight is 692 g/mol. The number of methoxy groups -OCH3 is 1. The number of anilines is 2. The lowest BCUT2D eigenvalue weighted by Gasteiger charge is -2.35. The molecule has 1 unspecified atom stereocenters. The molecule has 2 aliphatic heterocycles. The van der Waals surface area contributed by atoms with E-state index in [0.29, 0.717) is 36.7 Å². The van der Waals surface area contributed by atoms with Crippen molar-refractivity contribution >= 4 is 23.2 Å². The first-order valence-corrected chi connectivity index (χ1v) is 16.0. The van der Waals surface area contributed by atoms with Crippen LogP contribution in [0.1, 0.15) is 34.8 Å². The summed E-state index contributed by atoms with van der Waals surface area (Å²) in [6.45, 7) is 5.89. The molecular formula is C36H36F3N5O6. The van der Waals surface area contributed by atoms with Crippen molar-refractivity contribution in [2.24, 2.45) is 0 Å². The summed E-state index contributed by atoms with van der Waals surface area (Å²) in [6.07, 6.45) is -2.78. The predicted molar refractivity (Wildman–Crippen MR) is 179 cm³/mol. The van der Waals surface area contributed by atoms with Crippen molar-refractivity contribution in [2.45, 2.75) is 32.1 Å². The van der Waals surface area contributed by atoms with Crippen molar-refractivity contribution in [3.8, 4) is 28.9 Å². The molecule has 3 aromatic carbocycles. The number of hydrogen-bond acceptors (Lipinski definition) is 9. The number of alkyl halides is 3. The molecule has 4 aromatic rings. The van der Waals surface area contributed by atoms with Gasteiger partial charge in [0.1, 0.15) is 0 Å². The quantitative estimate of drug-likeness (QED) is 0.184. The van der Waals surface area contributed by atoms with Gasteiger partial charge in [0.05, 0.1) is 24.6 Å². The van der Waals surface area contributed by atoms with Crippen molar-refractivity contribution in [3.05, 3.63) is 95.7 Å². The Bertz CT molecular complexity index is 1810. The first-order valence-electron chi connectivity index (χ1n) is 16.0. The van der Waals surface area contributed by atoms with Crippen molar-refractivity contribution in [3.63, 3.8) is 0 Å². The maximum Gasteiger partial charge on any atom is 0.416 e. The smallest absolute Gasteiger partial charge is 0.416 e. The van der Waals surface area contributed by atoms with Gasteiger partial charge in [0.15, 0.2) is 23.0 Å². The van der Waals surface area contributed by atoms with E-state index in [1.807, 2.05) is 36.1 Å². The number of piperazine rings is 1. The molecule has 2 amide bonds. The molecule has 1 atom stereocenters. The van der Waals surface area contributed by atoms with E-state index < -0.39 is 17.6 Å². The zero-order valence-electron chi connectivity index (χ0n) is 27.5. The Morgan fingerprint density at radius 3 is 2.34 bits per heavy atom. The van der Waals surface area contributed by atoms with Gasteiger partial charge >= 0.3 is 6.18 Å². The highest BCUT2D eigenvalue weighted by Gasteiger charge is 2.30. The van der Waals surface area contributed by atoms with Crippen LogP contribution in [0, 0.1) is 0 Å². The third-order valence-corrected chi connectivity index (χ3v) is 8.31. The number of nitrogens with zero attached hydrogens (tertiary/aromatic N) is 3. The topological polar surface area (TPSA) is 114 Å². The predicted octanol–water partition coefficient (Wildman–Crippen LogP) is 6.42. The summed E-state index contributed by atoms with van der Waals surface area (Å²) in [5.41, 5.74) is 1.47. The number of carbonyl (C=O) groups is 2. The molecule has 0 spiro atoms. The van der Waals surface area contributed by atoms with Gasteiger partial charge in [0, 0.05) is 68.6 Å². The summed E-state index contributed by atoms with van der Waals surface area (Å²) in [4.78, 5) is 34.0. The van der Waals surface area contributed by atoms with E-state index in [4.69, 9.17) is 18.9 Å². The van der Waals surface area contributed by atoms with Gasteiger partial charge in [-0.3, -0.25) is 14.5 Å². The number of rotatable bonds is 11. The van der Waals surface area contributed by atoms with Gasteiger partial charge in [-0.2, -0.15) is 13.2 Å². The SMILES string of the molecule is COc1cc(NC(C)CC(=O)N2CCN(Cc3ccc4c(c3)OCO4)CC2)ccc1Oc1ccc(NC(=O)c2ccc(C(F)(F)F)cc2)cn1. The van der Waals surface area contributed by atoms with Gasteiger partial charge in [0.25, 0.3) is 5.91 Å². The maximum atomic E-state index is 13.1. The number of carbonyl (C=O) groups excluding carboxylic acids is 2. The summed E-state index contributed by atoms with van der Waals surface area (Å²) >= 11 is 0. The first-order chi connectivity index (χ1) is 24.0. The average Bonchev–Trinajstić information content (AvgIpc) is 3.58. The van der Waals surface area contributed by atoms with Crippen LogP contribution < -0.4 is 29.6 Å². The van der Waals surface area contributed by atoms with Crippen LogP contribution in [0.5, 0.6) is 28.9 Å². The molecule has 0 bridgehead atoms. The lowest BCUT2D eigenvalue weighted by Crippen LogP contribution is -2.49. The van der Waals surface area contributed by atoms with Crippen LogP contribution in [-0.4, -0.2) is 72.7 Å². The molecule has 11 nitrogen and oxygen atoms in total. The zero-order chi connectivity index (χ0) is 35.3. The van der Waals surface area contributed by atoms with E-state index in [9.17, 15) is 22.8 Å². The molecule has 14 heteroatoms. The van der Waals surface area contributed by atoms with Crippen molar-refractivity contribution in [2.75, 3.05) is 50.7 Å². The fourth-order valence-corrected chi connectivity index (χ4v) is 5.66. The largest absolute Gasteiger partial charge is 0.493 e. The minimum atomic E-state index is -4.48. The van der Waals surface area contributed by atoms with E-state index >= 15 is 0 Å². The second kappa shape index (κ2) is 14.9. The van der Waals surface area contributed by atoms with Gasteiger partial charge in [-0.15, -0.1) is 0 Å². The zero-order valence-corrected chi connectivity index (χ0v) is 27.5. The molecule has 50 heavy (non-hydrogen) atoms. The van der Waals surface area contributed by atoms with E-state index in [0.717, 1.165) is 66.6 Å². The highest BCUT2D eigenvalue weighted by Crippen LogP contribution is 2.35. The number of amides is 2. The second-order valence-electron chi connectivity index (χ2n) is 12.0. The second-order valence-corrected chi connectivity index (χ2v) is 12.0. The fourth-order valence-electron chi connectivity index (χ4n) is 5.66. The molecule has 1 saturated heterocycles. The van der Waals surface area contributed by atoms with Crippen LogP contribution in [0.4, 0.5) is 24.5 Å². The normalized spacial score (nSPS) is 14.9. The van der Waals surface area contributed by atoms with Crippen LogP contribution in [0.2, 0.25) is 0 Å². The van der Waals surface area contributed by atoms with Crippen LogP contribution in [0.25, 0.3) is 0 Å². The standard InChI is InChI=1S/C36H36F3N5O6/c1-23(17-34(45)44-15-13-43(14-16-44)21-24-3-10-29-32(18-24)49-22-48-29)41-27-8-11-30(31(19-27)47-2)50-33-12-9-28(20-40-33)42-35(46)25-4-6-26(7-5-25)36(37,38)39/h3-12,18-20,23,41H,13-17,21-22H2,1-2H3,(H,42,46). The van der Waals surface area contributed by atoms with Crippen LogP contribution in [-0.2, 0) is 17.5 Å². The number of hydrogen-bond donors (Lipinski definition) is 2. The number of ether oxygens (including phenoxy) is 4. The minimum absolute atomic E-state index is 0.0724. The van der Waals surface area contributed by atoms with Crippen LogP contribution in [0.3, 0.4) is 0 Å². The van der Waals surface area contributed by atoms with E-state index in [2.05, 4.69) is 20.5 Å². The molecule has 262 valence electrons. The van der Waals surface area contributed by atoms with Crippen molar-refractivity contribution in [1.82, 2.24) is 14.8 Å². The van der Waals surface area contributed by atoms with Gasteiger partial charge in [-0.05, 0) is 67.1 Å². The molecule has 0 radical (unpaired) electrons. The molecule has 1 fully saturated rings. The van der Waals surface area contributed by atoms with Crippen LogP contribution in [0.15, 0.2) is 79.0 Å². The lowest BCUT2D eigenvalue weighted by molar-refractivity contribution is -0.137. The number of halogens is 3. The van der Waals surface area contributed by atoms with Crippen LogP contribution >= 0.6 is 0 Å². The molecule has 3 heterocycles. The molecular weight excluding hydrogens is 655 g/mol. The molecule has 0 saturated carbocycles. The van der Waals surface area contributed by atoms with E-state index in [1.165, 1.54) is 13.3 Å². The summed E-state index contributed by atoms with van der Waals surface area (Å²) in [5, 5.41) is 5.96. The molecule has 1 aromatic heterocycles. The lowest BCUT2D eigenvalue weighted by atomic mass is 10.1. The summed E-state index contributed by atoms with van der Waals surface area (Å²) < 4.78 is 60.7. The highest BCUT2D eigenvalue weighted by molar-refractivity contribution is 6.04. The molecule has 2 aliphatic rings. The van der Waals surface area contributed by atoms with Gasteiger partial charge < -0.3 is 34.5 Å². The summed E-state index contributed by atoms with van der Waals surface area (Å²) in [7, 11) is 1.51. The number of fused-ring (bicyclic) bond motifs is 1. The Kier molecular flexibility index (Phi) is 10.3. The highest BCUT2D eigenvalue weighted by atomic mass is 19.4.